The summed E-state index contributed by atoms with van der Waals surface area (Å²) in [4.78, 5) is 0. The van der Waals surface area contributed by atoms with Gasteiger partial charge in [0.2, 0.25) is 0 Å². The summed E-state index contributed by atoms with van der Waals surface area (Å²) in [7, 11) is 0. The Morgan fingerprint density at radius 2 is 2.17 bits per heavy atom. The van der Waals surface area contributed by atoms with Gasteiger partial charge >= 0.3 is 0 Å². The van der Waals surface area contributed by atoms with Gasteiger partial charge in [-0.3, -0.25) is 0 Å². The molecule has 0 spiro atoms. The molecule has 2 heteroatoms. The fourth-order valence-corrected chi connectivity index (χ4v) is 3.27. The molecular formula is C10H21NS. The molecule has 12 heavy (non-hydrogen) atoms. The second-order valence-electron chi connectivity index (χ2n) is 4.56. The number of nitrogens with two attached hydrogens (primary N) is 1. The topological polar surface area (TPSA) is 26.0 Å². The first kappa shape index (κ1) is 10.4. The average Bonchev–Trinajstić information content (AvgIpc) is 2.06. The number of hydrogen-bond acceptors (Lipinski definition) is 2. The Bertz CT molecular complexity index is 128. The molecule has 1 heterocycles. The maximum atomic E-state index is 5.71. The highest BCUT2D eigenvalue weighted by atomic mass is 32.2. The zero-order valence-electron chi connectivity index (χ0n) is 8.31. The van der Waals surface area contributed by atoms with Gasteiger partial charge in [0, 0.05) is 5.25 Å². The van der Waals surface area contributed by atoms with Gasteiger partial charge in [-0.25, -0.2) is 0 Å². The lowest BCUT2D eigenvalue weighted by Gasteiger charge is -2.30. The third-order valence-corrected chi connectivity index (χ3v) is 4.00. The second-order valence-corrected chi connectivity index (χ2v) is 5.97. The summed E-state index contributed by atoms with van der Waals surface area (Å²) in [6.45, 7) is 5.38. The van der Waals surface area contributed by atoms with E-state index in [2.05, 4.69) is 25.6 Å². The van der Waals surface area contributed by atoms with Crippen LogP contribution in [0.25, 0.3) is 0 Å². The normalized spacial score (nSPS) is 25.8. The monoisotopic (exact) mass is 187 g/mol. The van der Waals surface area contributed by atoms with E-state index in [1.165, 1.54) is 31.4 Å². The minimum atomic E-state index is 0.356. The lowest BCUT2D eigenvalue weighted by atomic mass is 9.86. The molecule has 0 aromatic rings. The van der Waals surface area contributed by atoms with Crippen LogP contribution in [0.15, 0.2) is 0 Å². The number of hydrogen-bond donors (Lipinski definition) is 1. The average molecular weight is 187 g/mol. The van der Waals surface area contributed by atoms with Crippen molar-refractivity contribution in [3.05, 3.63) is 0 Å². The molecule has 0 radical (unpaired) electrons. The highest BCUT2D eigenvalue weighted by Gasteiger charge is 2.23. The fourth-order valence-electron chi connectivity index (χ4n) is 1.67. The van der Waals surface area contributed by atoms with Crippen LogP contribution < -0.4 is 5.73 Å². The van der Waals surface area contributed by atoms with Crippen molar-refractivity contribution in [3.63, 3.8) is 0 Å². The molecule has 1 aliphatic rings. The summed E-state index contributed by atoms with van der Waals surface area (Å²) in [5.74, 6) is 1.37. The standard InChI is InChI=1S/C10H21NS/c1-10(2,8-11)7-9-5-3-4-6-12-9/h9H,3-8,11H2,1-2H3. The van der Waals surface area contributed by atoms with Crippen LogP contribution in [0.3, 0.4) is 0 Å². The summed E-state index contributed by atoms with van der Waals surface area (Å²) >= 11 is 2.15. The Balaban J connectivity index is 2.28. The first-order chi connectivity index (χ1) is 5.64. The summed E-state index contributed by atoms with van der Waals surface area (Å²) in [6, 6.07) is 0. The molecule has 1 unspecified atom stereocenters. The van der Waals surface area contributed by atoms with Gasteiger partial charge in [-0.2, -0.15) is 11.8 Å². The van der Waals surface area contributed by atoms with Crippen molar-refractivity contribution in [3.8, 4) is 0 Å². The van der Waals surface area contributed by atoms with Crippen molar-refractivity contribution >= 4 is 11.8 Å². The van der Waals surface area contributed by atoms with Gasteiger partial charge in [-0.15, -0.1) is 0 Å². The minimum absolute atomic E-state index is 0.356. The maximum Gasteiger partial charge on any atom is 0.00526 e. The van der Waals surface area contributed by atoms with Gasteiger partial charge in [0.05, 0.1) is 0 Å². The molecule has 1 atom stereocenters. The van der Waals surface area contributed by atoms with E-state index in [4.69, 9.17) is 5.73 Å². The van der Waals surface area contributed by atoms with Gasteiger partial charge in [0.1, 0.15) is 0 Å². The minimum Gasteiger partial charge on any atom is -0.330 e. The first-order valence-corrected chi connectivity index (χ1v) is 6.00. The van der Waals surface area contributed by atoms with Gasteiger partial charge in [0.15, 0.2) is 0 Å². The third kappa shape index (κ3) is 3.36. The molecule has 1 rings (SSSR count). The van der Waals surface area contributed by atoms with Crippen LogP contribution in [0.1, 0.15) is 39.5 Å². The number of thioether (sulfide) groups is 1. The Morgan fingerprint density at radius 3 is 2.67 bits per heavy atom. The summed E-state index contributed by atoms with van der Waals surface area (Å²) in [6.07, 6.45) is 5.56. The van der Waals surface area contributed by atoms with E-state index in [0.29, 0.717) is 5.41 Å². The molecule has 0 amide bonds. The van der Waals surface area contributed by atoms with E-state index in [1.54, 1.807) is 0 Å². The lowest BCUT2D eigenvalue weighted by molar-refractivity contribution is 0.335. The van der Waals surface area contributed by atoms with E-state index < -0.39 is 0 Å². The third-order valence-electron chi connectivity index (χ3n) is 2.61. The van der Waals surface area contributed by atoms with Crippen LogP contribution >= 0.6 is 11.8 Å². The van der Waals surface area contributed by atoms with E-state index >= 15 is 0 Å². The lowest BCUT2D eigenvalue weighted by Crippen LogP contribution is -2.28. The Morgan fingerprint density at radius 1 is 1.42 bits per heavy atom. The van der Waals surface area contributed by atoms with Crippen LogP contribution in [0.5, 0.6) is 0 Å². The van der Waals surface area contributed by atoms with E-state index in [1.807, 2.05) is 0 Å². The molecule has 1 nitrogen and oxygen atoms in total. The van der Waals surface area contributed by atoms with Gasteiger partial charge in [-0.1, -0.05) is 20.3 Å². The Labute approximate surface area is 80.5 Å². The maximum absolute atomic E-state index is 5.71. The number of rotatable bonds is 3. The van der Waals surface area contributed by atoms with E-state index in [0.717, 1.165) is 11.8 Å². The van der Waals surface area contributed by atoms with Crippen LogP contribution in [0.2, 0.25) is 0 Å². The van der Waals surface area contributed by atoms with Crippen molar-refractivity contribution < 1.29 is 0 Å². The predicted octanol–water partition coefficient (Wildman–Crippen LogP) is 2.65. The van der Waals surface area contributed by atoms with E-state index in [9.17, 15) is 0 Å². The Kier molecular flexibility index (Phi) is 3.91. The molecule has 0 aromatic carbocycles. The molecule has 1 fully saturated rings. The van der Waals surface area contributed by atoms with Crippen molar-refractivity contribution in [2.75, 3.05) is 12.3 Å². The van der Waals surface area contributed by atoms with Crippen molar-refractivity contribution in [1.29, 1.82) is 0 Å². The van der Waals surface area contributed by atoms with Crippen molar-refractivity contribution in [2.24, 2.45) is 11.1 Å². The van der Waals surface area contributed by atoms with Gasteiger partial charge in [-0.05, 0) is 37.0 Å². The first-order valence-electron chi connectivity index (χ1n) is 4.96. The molecule has 0 aromatic heterocycles. The molecule has 0 bridgehead atoms. The summed E-state index contributed by atoms with van der Waals surface area (Å²) in [5.41, 5.74) is 6.07. The van der Waals surface area contributed by atoms with Crippen LogP contribution in [0.4, 0.5) is 0 Å². The zero-order valence-corrected chi connectivity index (χ0v) is 9.12. The highest BCUT2D eigenvalue weighted by Crippen LogP contribution is 2.33. The van der Waals surface area contributed by atoms with E-state index in [-0.39, 0.29) is 0 Å². The van der Waals surface area contributed by atoms with Crippen LogP contribution in [-0.2, 0) is 0 Å². The van der Waals surface area contributed by atoms with Crippen molar-refractivity contribution in [1.82, 2.24) is 0 Å². The molecule has 2 N–H and O–H groups in total. The molecule has 72 valence electrons. The Hall–Kier alpha value is 0.310. The molecule has 1 aliphatic heterocycles. The largest absolute Gasteiger partial charge is 0.330 e. The quantitative estimate of drug-likeness (QED) is 0.735. The second kappa shape index (κ2) is 4.52. The molecular weight excluding hydrogens is 166 g/mol. The van der Waals surface area contributed by atoms with Gasteiger partial charge < -0.3 is 5.73 Å². The fraction of sp³-hybridized carbons (Fsp3) is 1.00. The van der Waals surface area contributed by atoms with Crippen molar-refractivity contribution in [2.45, 2.75) is 44.8 Å². The predicted molar refractivity (Wildman–Crippen MR) is 57.5 cm³/mol. The SMILES string of the molecule is CC(C)(CN)CC1CCCCS1. The smallest absolute Gasteiger partial charge is 0.00526 e. The van der Waals surface area contributed by atoms with Gasteiger partial charge in [0.25, 0.3) is 0 Å². The zero-order chi connectivity index (χ0) is 9.03. The highest BCUT2D eigenvalue weighted by molar-refractivity contribution is 7.99. The van der Waals surface area contributed by atoms with Crippen LogP contribution in [0, 0.1) is 5.41 Å². The molecule has 0 saturated carbocycles. The molecule has 1 saturated heterocycles. The summed E-state index contributed by atoms with van der Waals surface area (Å²) in [5, 5.41) is 0.886. The molecule has 0 aliphatic carbocycles. The van der Waals surface area contributed by atoms with Crippen LogP contribution in [-0.4, -0.2) is 17.5 Å². The summed E-state index contributed by atoms with van der Waals surface area (Å²) < 4.78 is 0.